The molecule has 10 nitrogen and oxygen atoms in total. The number of para-hydroxylation sites is 1. The van der Waals surface area contributed by atoms with Crippen LogP contribution in [0.5, 0.6) is 17.4 Å². The lowest BCUT2D eigenvalue weighted by molar-refractivity contribution is -0.385. The van der Waals surface area contributed by atoms with Gasteiger partial charge in [-0.2, -0.15) is 4.98 Å². The summed E-state index contributed by atoms with van der Waals surface area (Å²) in [6.45, 7) is 1.86. The molecule has 11 heteroatoms. The molecule has 0 aliphatic carbocycles. The van der Waals surface area contributed by atoms with Crippen molar-refractivity contribution in [2.45, 2.75) is 6.92 Å². The number of hydrogen-bond donors (Lipinski definition) is 1. The second-order valence-electron chi connectivity index (χ2n) is 6.99. The lowest BCUT2D eigenvalue weighted by Gasteiger charge is -2.10. The van der Waals surface area contributed by atoms with Gasteiger partial charge in [-0.05, 0) is 37.3 Å². The predicted molar refractivity (Wildman–Crippen MR) is 125 cm³/mol. The van der Waals surface area contributed by atoms with Gasteiger partial charge in [0.2, 0.25) is 5.82 Å². The van der Waals surface area contributed by atoms with Gasteiger partial charge < -0.3 is 14.8 Å². The van der Waals surface area contributed by atoms with Crippen molar-refractivity contribution in [2.24, 2.45) is 0 Å². The quantitative estimate of drug-likeness (QED) is 0.262. The number of nitrogens with zero attached hydrogens (tertiary/aromatic N) is 5. The maximum atomic E-state index is 12.0. The smallest absolute Gasteiger partial charge is 0.373 e. The first-order valence-electron chi connectivity index (χ1n) is 9.77. The van der Waals surface area contributed by atoms with E-state index in [1.165, 1.54) is 17.7 Å². The number of ether oxygens (including phenoxy) is 2. The summed E-state index contributed by atoms with van der Waals surface area (Å²) >= 11 is 1.32. The number of benzene rings is 2. The summed E-state index contributed by atoms with van der Waals surface area (Å²) < 4.78 is 12.0. The van der Waals surface area contributed by atoms with Crippen LogP contribution in [0.3, 0.4) is 0 Å². The zero-order valence-electron chi connectivity index (χ0n) is 17.5. The molecule has 5 aromatic rings. The number of thiazole rings is 1. The van der Waals surface area contributed by atoms with Gasteiger partial charge in [0, 0.05) is 11.1 Å². The summed E-state index contributed by atoms with van der Waals surface area (Å²) in [5.74, 6) is 0.827. The molecule has 0 saturated heterocycles. The van der Waals surface area contributed by atoms with Crippen LogP contribution in [0.15, 0.2) is 54.9 Å². The minimum atomic E-state index is -0.585. The van der Waals surface area contributed by atoms with Gasteiger partial charge in [0.15, 0.2) is 10.9 Å². The molecular weight excluding hydrogens is 444 g/mol. The van der Waals surface area contributed by atoms with E-state index in [0.29, 0.717) is 22.1 Å². The van der Waals surface area contributed by atoms with Gasteiger partial charge in [0.1, 0.15) is 17.6 Å². The Balaban J connectivity index is 1.53. The molecule has 0 amide bonds. The monoisotopic (exact) mass is 460 g/mol. The number of nitrogens with one attached hydrogen (secondary N) is 1. The minimum Gasteiger partial charge on any atom is -0.497 e. The summed E-state index contributed by atoms with van der Waals surface area (Å²) in [4.78, 5) is 28.4. The number of methoxy groups -OCH3 is 1. The molecule has 0 fully saturated rings. The normalized spacial score (nSPS) is 11.0. The SMILES string of the molecule is COc1ccc2nc(Nc3ncnc(Oc4cccc5ccc(C)nc45)c3[N+](=O)[O-])sc2c1. The molecule has 0 spiro atoms. The van der Waals surface area contributed by atoms with Crippen molar-refractivity contribution >= 4 is 49.1 Å². The van der Waals surface area contributed by atoms with Crippen molar-refractivity contribution in [3.63, 3.8) is 0 Å². The molecule has 2 aromatic carbocycles. The van der Waals surface area contributed by atoms with E-state index in [9.17, 15) is 10.1 Å². The number of aromatic nitrogens is 4. The second kappa shape index (κ2) is 8.28. The van der Waals surface area contributed by atoms with Crippen LogP contribution in [-0.2, 0) is 0 Å². The molecule has 5 rings (SSSR count). The summed E-state index contributed by atoms with van der Waals surface area (Å²) in [5.41, 5.74) is 1.71. The topological polar surface area (TPSA) is 125 Å². The van der Waals surface area contributed by atoms with Crippen LogP contribution in [0.1, 0.15) is 5.69 Å². The maximum absolute atomic E-state index is 12.0. The van der Waals surface area contributed by atoms with E-state index in [-0.39, 0.29) is 11.7 Å². The fourth-order valence-electron chi connectivity index (χ4n) is 3.28. The van der Waals surface area contributed by atoms with Crippen LogP contribution in [0, 0.1) is 17.0 Å². The Labute approximate surface area is 191 Å². The number of nitro groups is 1. The standard InChI is InChI=1S/C22H16N6O4S/c1-12-6-7-13-4-3-5-16(18(13)25-12)32-21-19(28(29)30)20(23-11-24-21)27-22-26-15-9-8-14(31-2)10-17(15)33-22/h3-11H,1-2H3,(H,23,24,26,27). The Morgan fingerprint density at radius 1 is 1.09 bits per heavy atom. The van der Waals surface area contributed by atoms with Crippen molar-refractivity contribution in [3.05, 3.63) is 70.7 Å². The molecular formula is C22H16N6O4S. The Morgan fingerprint density at radius 3 is 2.79 bits per heavy atom. The van der Waals surface area contributed by atoms with E-state index < -0.39 is 10.6 Å². The summed E-state index contributed by atoms with van der Waals surface area (Å²) in [7, 11) is 1.58. The third-order valence-corrected chi connectivity index (χ3v) is 5.75. The van der Waals surface area contributed by atoms with Crippen molar-refractivity contribution in [1.29, 1.82) is 0 Å². The first-order valence-corrected chi connectivity index (χ1v) is 10.6. The highest BCUT2D eigenvalue weighted by molar-refractivity contribution is 7.22. The van der Waals surface area contributed by atoms with Gasteiger partial charge in [0.05, 0.1) is 22.2 Å². The molecule has 0 aliphatic heterocycles. The number of hydrogen-bond acceptors (Lipinski definition) is 10. The Hall–Kier alpha value is -4.38. The fraction of sp³-hybridized carbons (Fsp3) is 0.0909. The average Bonchev–Trinajstić information content (AvgIpc) is 3.20. The van der Waals surface area contributed by atoms with E-state index >= 15 is 0 Å². The summed E-state index contributed by atoms with van der Waals surface area (Å²) in [5, 5.41) is 16.2. The summed E-state index contributed by atoms with van der Waals surface area (Å²) in [6, 6.07) is 14.6. The zero-order valence-corrected chi connectivity index (χ0v) is 18.3. The predicted octanol–water partition coefficient (Wildman–Crippen LogP) is 5.40. The van der Waals surface area contributed by atoms with Crippen LogP contribution in [0.25, 0.3) is 21.1 Å². The van der Waals surface area contributed by atoms with E-state index in [0.717, 1.165) is 21.3 Å². The van der Waals surface area contributed by atoms with Crippen LogP contribution in [-0.4, -0.2) is 32.0 Å². The van der Waals surface area contributed by atoms with Gasteiger partial charge in [0.25, 0.3) is 0 Å². The molecule has 164 valence electrons. The number of fused-ring (bicyclic) bond motifs is 2. The highest BCUT2D eigenvalue weighted by Gasteiger charge is 2.26. The van der Waals surface area contributed by atoms with E-state index in [2.05, 4.69) is 25.3 Å². The number of rotatable bonds is 6. The van der Waals surface area contributed by atoms with Crippen LogP contribution < -0.4 is 14.8 Å². The molecule has 0 unspecified atom stereocenters. The van der Waals surface area contributed by atoms with Crippen LogP contribution in [0.2, 0.25) is 0 Å². The first kappa shape index (κ1) is 20.5. The molecule has 33 heavy (non-hydrogen) atoms. The number of pyridine rings is 1. The maximum Gasteiger partial charge on any atom is 0.373 e. The molecule has 0 radical (unpaired) electrons. The molecule has 3 heterocycles. The molecule has 0 aliphatic rings. The van der Waals surface area contributed by atoms with E-state index in [1.807, 2.05) is 37.3 Å². The second-order valence-corrected chi connectivity index (χ2v) is 8.02. The lowest BCUT2D eigenvalue weighted by Crippen LogP contribution is -2.03. The van der Waals surface area contributed by atoms with Gasteiger partial charge >= 0.3 is 11.6 Å². The third kappa shape index (κ3) is 3.96. The minimum absolute atomic E-state index is 0.0274. The molecule has 0 saturated carbocycles. The number of aryl methyl sites for hydroxylation is 1. The molecule has 0 atom stereocenters. The first-order chi connectivity index (χ1) is 16.0. The Kier molecular flexibility index (Phi) is 5.15. The highest BCUT2D eigenvalue weighted by Crippen LogP contribution is 2.38. The van der Waals surface area contributed by atoms with Gasteiger partial charge in [-0.15, -0.1) is 0 Å². The Bertz CT molecular complexity index is 1520. The van der Waals surface area contributed by atoms with Crippen molar-refractivity contribution < 1.29 is 14.4 Å². The highest BCUT2D eigenvalue weighted by atomic mass is 32.1. The van der Waals surface area contributed by atoms with Gasteiger partial charge in [-0.25, -0.2) is 15.0 Å². The molecule has 1 N–H and O–H groups in total. The van der Waals surface area contributed by atoms with Crippen molar-refractivity contribution in [2.75, 3.05) is 12.4 Å². The van der Waals surface area contributed by atoms with Crippen LogP contribution >= 0.6 is 11.3 Å². The largest absolute Gasteiger partial charge is 0.497 e. The number of anilines is 2. The molecule has 0 bridgehead atoms. The van der Waals surface area contributed by atoms with Gasteiger partial charge in [-0.3, -0.25) is 10.1 Å². The van der Waals surface area contributed by atoms with E-state index in [1.54, 1.807) is 25.3 Å². The Morgan fingerprint density at radius 2 is 1.97 bits per heavy atom. The average molecular weight is 460 g/mol. The lowest BCUT2D eigenvalue weighted by atomic mass is 10.2. The van der Waals surface area contributed by atoms with Crippen molar-refractivity contribution in [3.8, 4) is 17.4 Å². The fourth-order valence-corrected chi connectivity index (χ4v) is 4.18. The van der Waals surface area contributed by atoms with Crippen molar-refractivity contribution in [1.82, 2.24) is 19.9 Å². The molecule has 3 aromatic heterocycles. The summed E-state index contributed by atoms with van der Waals surface area (Å²) in [6.07, 6.45) is 1.20. The van der Waals surface area contributed by atoms with Gasteiger partial charge in [-0.1, -0.05) is 29.5 Å². The van der Waals surface area contributed by atoms with Crippen LogP contribution in [0.4, 0.5) is 16.6 Å². The third-order valence-electron chi connectivity index (χ3n) is 4.82. The van der Waals surface area contributed by atoms with E-state index in [4.69, 9.17) is 9.47 Å². The zero-order chi connectivity index (χ0) is 22.9.